The van der Waals surface area contributed by atoms with Crippen LogP contribution in [0.4, 0.5) is 10.8 Å². The summed E-state index contributed by atoms with van der Waals surface area (Å²) in [6.07, 6.45) is 5.52. The van der Waals surface area contributed by atoms with E-state index in [-0.39, 0.29) is 22.4 Å². The van der Waals surface area contributed by atoms with Gasteiger partial charge < -0.3 is 5.32 Å². The molecule has 1 aliphatic carbocycles. The van der Waals surface area contributed by atoms with E-state index in [2.05, 4.69) is 26.3 Å². The number of nitriles is 1. The summed E-state index contributed by atoms with van der Waals surface area (Å²) in [5.74, 6) is 0.271. The van der Waals surface area contributed by atoms with Crippen molar-refractivity contribution in [2.75, 3.05) is 15.8 Å². The molecule has 0 radical (unpaired) electrons. The summed E-state index contributed by atoms with van der Waals surface area (Å²) in [5, 5.41) is 21.4. The predicted octanol–water partition coefficient (Wildman–Crippen LogP) is 4.30. The van der Waals surface area contributed by atoms with Crippen molar-refractivity contribution >= 4 is 49.8 Å². The van der Waals surface area contributed by atoms with Crippen molar-refractivity contribution in [1.82, 2.24) is 15.2 Å². The van der Waals surface area contributed by atoms with Gasteiger partial charge in [-0.25, -0.2) is 13.4 Å². The Kier molecular flexibility index (Phi) is 8.00. The third kappa shape index (κ3) is 6.56. The van der Waals surface area contributed by atoms with Crippen LogP contribution >= 0.6 is 23.1 Å². The van der Waals surface area contributed by atoms with Crippen LogP contribution in [0.2, 0.25) is 0 Å². The fraction of sp³-hybridized carbons (Fsp3) is 0.348. The first-order valence-corrected chi connectivity index (χ1v) is 14.4. The maximum atomic E-state index is 12.5. The largest absolute Gasteiger partial charge is 0.326 e. The number of anilines is 2. The number of aromatic nitrogens is 3. The van der Waals surface area contributed by atoms with Gasteiger partial charge in [-0.15, -0.1) is 22.0 Å². The molecule has 0 fully saturated rings. The SMILES string of the molecule is Cc1nnc(NS(=O)(=O)c2ccc(NC(=O)CCSc3nc4c(cc3C#N)CCCCC4)cc2)s1. The van der Waals surface area contributed by atoms with Crippen LogP contribution < -0.4 is 10.0 Å². The molecule has 0 saturated heterocycles. The molecule has 4 rings (SSSR count). The molecule has 0 bridgehead atoms. The van der Waals surface area contributed by atoms with Crippen molar-refractivity contribution in [3.8, 4) is 6.07 Å². The second-order valence-corrected chi connectivity index (χ2v) is 12.0. The predicted molar refractivity (Wildman–Crippen MR) is 136 cm³/mol. The lowest BCUT2D eigenvalue weighted by atomic mass is 10.1. The van der Waals surface area contributed by atoms with Crippen molar-refractivity contribution in [3.05, 3.63) is 52.2 Å². The average Bonchev–Trinajstić information content (AvgIpc) is 3.09. The molecule has 0 spiro atoms. The Balaban J connectivity index is 1.31. The highest BCUT2D eigenvalue weighted by Crippen LogP contribution is 2.27. The van der Waals surface area contributed by atoms with Crippen LogP contribution in [0.3, 0.4) is 0 Å². The van der Waals surface area contributed by atoms with Gasteiger partial charge in [0.1, 0.15) is 16.1 Å². The monoisotopic (exact) mass is 528 g/mol. The highest BCUT2D eigenvalue weighted by atomic mass is 32.2. The second-order valence-electron chi connectivity index (χ2n) is 8.02. The van der Waals surface area contributed by atoms with E-state index in [1.54, 1.807) is 6.92 Å². The molecule has 2 heterocycles. The number of thioether (sulfide) groups is 1. The van der Waals surface area contributed by atoms with Gasteiger partial charge in [-0.3, -0.25) is 9.52 Å². The molecule has 0 aliphatic heterocycles. The van der Waals surface area contributed by atoms with Crippen LogP contribution in [0, 0.1) is 18.3 Å². The quantitative estimate of drug-likeness (QED) is 0.326. The normalized spacial score (nSPS) is 13.4. The van der Waals surface area contributed by atoms with Gasteiger partial charge in [-0.1, -0.05) is 17.8 Å². The van der Waals surface area contributed by atoms with Crippen LogP contribution in [-0.2, 0) is 27.7 Å². The summed E-state index contributed by atoms with van der Waals surface area (Å²) in [4.78, 5) is 17.2. The standard InChI is InChI=1S/C23H24N6O3S3/c1-15-27-28-23(34-15)29-35(31,32)19-9-7-18(8-10-19)25-21(30)11-12-33-22-17(14-24)13-16-5-3-2-4-6-20(16)26-22/h7-10,13H,2-6,11-12H2,1H3,(H,25,30)(H,28,29). The molecule has 12 heteroatoms. The highest BCUT2D eigenvalue weighted by Gasteiger charge is 2.17. The minimum atomic E-state index is -3.80. The Morgan fingerprint density at radius 1 is 1.17 bits per heavy atom. The Labute approximate surface area is 212 Å². The molecule has 0 unspecified atom stereocenters. The van der Waals surface area contributed by atoms with Gasteiger partial charge in [0.25, 0.3) is 10.0 Å². The molecular weight excluding hydrogens is 504 g/mol. The summed E-state index contributed by atoms with van der Waals surface area (Å²) >= 11 is 2.55. The van der Waals surface area contributed by atoms with Gasteiger partial charge in [0.15, 0.2) is 0 Å². The molecule has 0 atom stereocenters. The highest BCUT2D eigenvalue weighted by molar-refractivity contribution is 7.99. The Morgan fingerprint density at radius 2 is 1.94 bits per heavy atom. The topological polar surface area (TPSA) is 138 Å². The average molecular weight is 529 g/mol. The number of nitrogens with one attached hydrogen (secondary N) is 2. The number of rotatable bonds is 8. The second kappa shape index (κ2) is 11.2. The van der Waals surface area contributed by atoms with E-state index in [4.69, 9.17) is 4.98 Å². The molecule has 0 saturated carbocycles. The van der Waals surface area contributed by atoms with E-state index >= 15 is 0 Å². The number of aryl methyl sites for hydroxylation is 3. The molecule has 2 aromatic heterocycles. The number of hydrogen-bond donors (Lipinski definition) is 2. The third-order valence-electron chi connectivity index (χ3n) is 5.40. The van der Waals surface area contributed by atoms with Gasteiger partial charge in [0.2, 0.25) is 11.0 Å². The molecule has 3 aromatic rings. The van der Waals surface area contributed by atoms with E-state index in [1.165, 1.54) is 48.0 Å². The number of amides is 1. The molecule has 9 nitrogen and oxygen atoms in total. The first-order valence-electron chi connectivity index (χ1n) is 11.1. The fourth-order valence-electron chi connectivity index (χ4n) is 3.67. The van der Waals surface area contributed by atoms with E-state index in [9.17, 15) is 18.5 Å². The molecular formula is C23H24N6O3S3. The summed E-state index contributed by atoms with van der Waals surface area (Å²) < 4.78 is 27.4. The van der Waals surface area contributed by atoms with Crippen molar-refractivity contribution in [3.63, 3.8) is 0 Å². The maximum absolute atomic E-state index is 12.5. The molecule has 35 heavy (non-hydrogen) atoms. The van der Waals surface area contributed by atoms with Crippen LogP contribution in [0.25, 0.3) is 0 Å². The summed E-state index contributed by atoms with van der Waals surface area (Å²) in [6, 6.07) is 10.1. The zero-order chi connectivity index (χ0) is 24.8. The summed E-state index contributed by atoms with van der Waals surface area (Å²) in [5.41, 5.74) is 3.29. The van der Waals surface area contributed by atoms with Crippen LogP contribution in [0.5, 0.6) is 0 Å². The minimum Gasteiger partial charge on any atom is -0.326 e. The first-order chi connectivity index (χ1) is 16.8. The van der Waals surface area contributed by atoms with Gasteiger partial charge >= 0.3 is 0 Å². The number of hydrogen-bond acceptors (Lipinski definition) is 9. The molecule has 1 aliphatic rings. The molecule has 1 aromatic carbocycles. The van der Waals surface area contributed by atoms with E-state index in [1.807, 2.05) is 6.07 Å². The molecule has 182 valence electrons. The van der Waals surface area contributed by atoms with Crippen molar-refractivity contribution < 1.29 is 13.2 Å². The number of nitrogens with zero attached hydrogens (tertiary/aromatic N) is 4. The molecule has 1 amide bonds. The number of fused-ring (bicyclic) bond motifs is 1. The Morgan fingerprint density at radius 3 is 2.66 bits per heavy atom. The number of carbonyl (C=O) groups excluding carboxylic acids is 1. The summed E-state index contributed by atoms with van der Waals surface area (Å²) in [6.45, 7) is 1.73. The van der Waals surface area contributed by atoms with Crippen molar-refractivity contribution in [2.24, 2.45) is 0 Å². The van der Waals surface area contributed by atoms with Gasteiger partial charge in [-0.2, -0.15) is 5.26 Å². The van der Waals surface area contributed by atoms with Crippen LogP contribution in [-0.4, -0.2) is 35.3 Å². The number of sulfonamides is 1. The number of carbonyl (C=O) groups is 1. The van der Waals surface area contributed by atoms with Gasteiger partial charge in [0.05, 0.1) is 10.5 Å². The van der Waals surface area contributed by atoms with Crippen molar-refractivity contribution in [1.29, 1.82) is 5.26 Å². The minimum absolute atomic E-state index is 0.0530. The first kappa shape index (κ1) is 25.1. The third-order valence-corrected chi connectivity index (χ3v) is 8.63. The van der Waals surface area contributed by atoms with Crippen molar-refractivity contribution in [2.45, 2.75) is 55.4 Å². The van der Waals surface area contributed by atoms with Crippen LogP contribution in [0.15, 0.2) is 40.3 Å². The molecule has 2 N–H and O–H groups in total. The smallest absolute Gasteiger partial charge is 0.263 e. The Hall–Kier alpha value is -3.01. The van der Waals surface area contributed by atoms with E-state index in [0.717, 1.165) is 42.7 Å². The maximum Gasteiger partial charge on any atom is 0.263 e. The zero-order valence-electron chi connectivity index (χ0n) is 19.1. The lowest BCUT2D eigenvalue weighted by Crippen LogP contribution is -2.14. The van der Waals surface area contributed by atoms with Crippen LogP contribution in [0.1, 0.15) is 47.5 Å². The lowest BCUT2D eigenvalue weighted by molar-refractivity contribution is -0.115. The van der Waals surface area contributed by atoms with E-state index < -0.39 is 10.0 Å². The number of pyridine rings is 1. The Bertz CT molecular complexity index is 1360. The fourth-order valence-corrected chi connectivity index (χ4v) is 6.41. The van der Waals surface area contributed by atoms with E-state index in [0.29, 0.717) is 27.0 Å². The lowest BCUT2D eigenvalue weighted by Gasteiger charge is -2.10. The zero-order valence-corrected chi connectivity index (χ0v) is 21.5. The van der Waals surface area contributed by atoms with Gasteiger partial charge in [-0.05, 0) is 68.5 Å². The van der Waals surface area contributed by atoms with Gasteiger partial charge in [0, 0.05) is 23.6 Å². The number of benzene rings is 1. The summed E-state index contributed by atoms with van der Waals surface area (Å²) in [7, 11) is -3.80.